The summed E-state index contributed by atoms with van der Waals surface area (Å²) >= 11 is 12.1. The molecule has 0 aromatic heterocycles. The fourth-order valence-corrected chi connectivity index (χ4v) is 3.89. The largest absolute Gasteiger partial charge is 0.493 e. The summed E-state index contributed by atoms with van der Waals surface area (Å²) in [5.41, 5.74) is 3.81. The summed E-state index contributed by atoms with van der Waals surface area (Å²) in [4.78, 5) is 36.7. The first-order valence-electron chi connectivity index (χ1n) is 12.0. The van der Waals surface area contributed by atoms with Crippen LogP contribution in [0.1, 0.15) is 18.1 Å². The topological polar surface area (TPSA) is 136 Å². The number of methoxy groups -OCH3 is 1. The Labute approximate surface area is 240 Å². The molecule has 0 spiro atoms. The zero-order valence-corrected chi connectivity index (χ0v) is 23.1. The van der Waals surface area contributed by atoms with E-state index < -0.39 is 36.5 Å². The van der Waals surface area contributed by atoms with Crippen LogP contribution in [0.25, 0.3) is 0 Å². The lowest BCUT2D eigenvalue weighted by Crippen LogP contribution is -2.50. The SMILES string of the molecule is COc1cc(/C=N\NC(=O)[C@@H](Cc2ccccc2)NC(=O)[C@H](C)Oc2ccc(Cl)cc2Cl)ccc1OCC(=O)O. The highest BCUT2D eigenvalue weighted by Crippen LogP contribution is 2.29. The molecule has 3 rings (SSSR count). The van der Waals surface area contributed by atoms with Gasteiger partial charge in [-0.05, 0) is 54.4 Å². The zero-order chi connectivity index (χ0) is 29.1. The van der Waals surface area contributed by atoms with E-state index in [1.807, 2.05) is 30.3 Å². The van der Waals surface area contributed by atoms with Gasteiger partial charge in [0.05, 0.1) is 18.3 Å². The maximum Gasteiger partial charge on any atom is 0.341 e. The fourth-order valence-electron chi connectivity index (χ4n) is 3.43. The molecule has 2 atom stereocenters. The maximum absolute atomic E-state index is 13.1. The highest BCUT2D eigenvalue weighted by atomic mass is 35.5. The van der Waals surface area contributed by atoms with Crippen molar-refractivity contribution in [3.05, 3.63) is 87.9 Å². The number of ether oxygens (including phenoxy) is 3. The molecule has 210 valence electrons. The monoisotopic (exact) mass is 587 g/mol. The van der Waals surface area contributed by atoms with Crippen LogP contribution in [0.3, 0.4) is 0 Å². The summed E-state index contributed by atoms with van der Waals surface area (Å²) in [5.74, 6) is -1.40. The Morgan fingerprint density at radius 1 is 0.975 bits per heavy atom. The van der Waals surface area contributed by atoms with E-state index in [0.29, 0.717) is 16.3 Å². The number of carboxylic acid groups (broad SMARTS) is 1. The van der Waals surface area contributed by atoms with Crippen molar-refractivity contribution < 1.29 is 33.7 Å². The molecule has 0 saturated carbocycles. The highest BCUT2D eigenvalue weighted by molar-refractivity contribution is 6.35. The number of carbonyl (C=O) groups is 3. The number of amides is 2. The molecule has 0 fully saturated rings. The summed E-state index contributed by atoms with van der Waals surface area (Å²) in [7, 11) is 1.41. The van der Waals surface area contributed by atoms with Crippen molar-refractivity contribution in [2.75, 3.05) is 13.7 Å². The summed E-state index contributed by atoms with van der Waals surface area (Å²) < 4.78 is 16.1. The first-order chi connectivity index (χ1) is 19.2. The molecule has 3 N–H and O–H groups in total. The molecular weight excluding hydrogens is 561 g/mol. The second-order valence-electron chi connectivity index (χ2n) is 8.41. The Morgan fingerprint density at radius 2 is 1.70 bits per heavy atom. The van der Waals surface area contributed by atoms with Gasteiger partial charge in [-0.1, -0.05) is 53.5 Å². The normalized spacial score (nSPS) is 12.3. The van der Waals surface area contributed by atoms with Gasteiger partial charge in [0.15, 0.2) is 24.2 Å². The van der Waals surface area contributed by atoms with Gasteiger partial charge in [-0.3, -0.25) is 9.59 Å². The van der Waals surface area contributed by atoms with E-state index in [2.05, 4.69) is 15.8 Å². The van der Waals surface area contributed by atoms with E-state index >= 15 is 0 Å². The number of rotatable bonds is 13. The van der Waals surface area contributed by atoms with Crippen LogP contribution in [-0.2, 0) is 20.8 Å². The van der Waals surface area contributed by atoms with E-state index in [1.54, 1.807) is 24.3 Å². The summed E-state index contributed by atoms with van der Waals surface area (Å²) in [6, 6.07) is 17.5. The molecule has 12 heteroatoms. The second kappa shape index (κ2) is 14.8. The molecule has 2 amide bonds. The van der Waals surface area contributed by atoms with Gasteiger partial charge in [-0.25, -0.2) is 10.2 Å². The standard InChI is InChI=1S/C28H27Cl2N3O7/c1-17(40-23-11-9-20(29)14-21(23)30)27(36)32-22(12-18-6-4-3-5-7-18)28(37)33-31-15-19-8-10-24(25(13-19)38-2)39-16-26(34)35/h3-11,13-15,17,22H,12,16H2,1-2H3,(H,32,36)(H,33,37)(H,34,35)/b31-15-/t17-,22+/m0/s1. The Hall–Kier alpha value is -4.28. The van der Waals surface area contributed by atoms with E-state index in [1.165, 1.54) is 32.4 Å². The Bertz CT molecular complexity index is 1370. The number of nitrogens with one attached hydrogen (secondary N) is 2. The smallest absolute Gasteiger partial charge is 0.341 e. The minimum absolute atomic E-state index is 0.200. The fraction of sp³-hybridized carbons (Fsp3) is 0.214. The quantitative estimate of drug-likeness (QED) is 0.202. The maximum atomic E-state index is 13.1. The number of aliphatic carboxylic acids is 1. The molecule has 0 aliphatic heterocycles. The van der Waals surface area contributed by atoms with Crippen LogP contribution in [0.2, 0.25) is 10.0 Å². The molecule has 3 aromatic rings. The Kier molecular flexibility index (Phi) is 11.2. The van der Waals surface area contributed by atoms with Gasteiger partial charge in [0.2, 0.25) is 0 Å². The molecule has 0 heterocycles. The minimum Gasteiger partial charge on any atom is -0.493 e. The zero-order valence-electron chi connectivity index (χ0n) is 21.6. The van der Waals surface area contributed by atoms with Gasteiger partial charge in [0.25, 0.3) is 11.8 Å². The van der Waals surface area contributed by atoms with Crippen molar-refractivity contribution in [1.29, 1.82) is 0 Å². The number of benzene rings is 3. The molecule has 0 aliphatic rings. The number of carbonyl (C=O) groups excluding carboxylic acids is 2. The van der Waals surface area contributed by atoms with Crippen LogP contribution >= 0.6 is 23.2 Å². The van der Waals surface area contributed by atoms with Gasteiger partial charge in [0.1, 0.15) is 11.8 Å². The molecule has 3 aromatic carbocycles. The number of halogens is 2. The second-order valence-corrected chi connectivity index (χ2v) is 9.26. The van der Waals surface area contributed by atoms with Crippen LogP contribution in [0.5, 0.6) is 17.2 Å². The van der Waals surface area contributed by atoms with Crippen LogP contribution in [-0.4, -0.2) is 55.0 Å². The predicted molar refractivity (Wildman–Crippen MR) is 150 cm³/mol. The summed E-state index contributed by atoms with van der Waals surface area (Å²) in [6.45, 7) is 1.01. The Balaban J connectivity index is 1.69. The van der Waals surface area contributed by atoms with Gasteiger partial charge >= 0.3 is 5.97 Å². The van der Waals surface area contributed by atoms with Gasteiger partial charge < -0.3 is 24.6 Å². The third kappa shape index (κ3) is 9.18. The lowest BCUT2D eigenvalue weighted by molar-refractivity contribution is -0.139. The van der Waals surface area contributed by atoms with Crippen LogP contribution in [0.4, 0.5) is 0 Å². The molecule has 0 saturated heterocycles. The van der Waals surface area contributed by atoms with Crippen molar-refractivity contribution in [2.45, 2.75) is 25.5 Å². The van der Waals surface area contributed by atoms with Crippen LogP contribution in [0.15, 0.2) is 71.8 Å². The lowest BCUT2D eigenvalue weighted by atomic mass is 10.1. The number of hydrogen-bond donors (Lipinski definition) is 3. The third-order valence-corrected chi connectivity index (χ3v) is 5.94. The van der Waals surface area contributed by atoms with Crippen molar-refractivity contribution >= 4 is 47.2 Å². The number of carboxylic acids is 1. The number of nitrogens with zero attached hydrogens (tertiary/aromatic N) is 1. The first-order valence-corrected chi connectivity index (χ1v) is 12.7. The molecule has 0 radical (unpaired) electrons. The van der Waals surface area contributed by atoms with E-state index in [9.17, 15) is 14.4 Å². The molecule has 0 unspecified atom stereocenters. The minimum atomic E-state index is -1.12. The average Bonchev–Trinajstić information content (AvgIpc) is 2.93. The van der Waals surface area contributed by atoms with Crippen molar-refractivity contribution in [2.24, 2.45) is 5.10 Å². The first kappa shape index (κ1) is 30.3. The molecule has 0 aliphatic carbocycles. The van der Waals surface area contributed by atoms with Crippen molar-refractivity contribution in [3.63, 3.8) is 0 Å². The molecular formula is C28H27Cl2N3O7. The number of hydrazone groups is 1. The van der Waals surface area contributed by atoms with E-state index in [4.69, 9.17) is 42.5 Å². The van der Waals surface area contributed by atoms with Crippen molar-refractivity contribution in [3.8, 4) is 17.2 Å². The summed E-state index contributed by atoms with van der Waals surface area (Å²) in [5, 5.41) is 16.2. The third-order valence-electron chi connectivity index (χ3n) is 5.41. The van der Waals surface area contributed by atoms with Gasteiger partial charge in [-0.15, -0.1) is 0 Å². The average molecular weight is 588 g/mol. The van der Waals surface area contributed by atoms with Crippen molar-refractivity contribution in [1.82, 2.24) is 10.7 Å². The number of hydrogen-bond acceptors (Lipinski definition) is 7. The summed E-state index contributed by atoms with van der Waals surface area (Å²) in [6.07, 6.45) is 0.602. The molecule has 0 bridgehead atoms. The van der Waals surface area contributed by atoms with Gasteiger partial charge in [-0.2, -0.15) is 5.10 Å². The predicted octanol–water partition coefficient (Wildman–Crippen LogP) is 4.11. The van der Waals surface area contributed by atoms with E-state index in [-0.39, 0.29) is 22.9 Å². The van der Waals surface area contributed by atoms with Crippen LogP contribution in [0, 0.1) is 0 Å². The van der Waals surface area contributed by atoms with E-state index in [0.717, 1.165) is 5.56 Å². The molecule has 40 heavy (non-hydrogen) atoms. The highest BCUT2D eigenvalue weighted by Gasteiger charge is 2.25. The molecule has 10 nitrogen and oxygen atoms in total. The Morgan fingerprint density at radius 3 is 2.38 bits per heavy atom. The lowest BCUT2D eigenvalue weighted by Gasteiger charge is -2.21. The van der Waals surface area contributed by atoms with Crippen LogP contribution < -0.4 is 25.0 Å². The van der Waals surface area contributed by atoms with Gasteiger partial charge in [0, 0.05) is 11.4 Å².